The first-order chi connectivity index (χ1) is 16.3. The van der Waals surface area contributed by atoms with Gasteiger partial charge in [0.1, 0.15) is 0 Å². The van der Waals surface area contributed by atoms with E-state index < -0.39 is 0 Å². The van der Waals surface area contributed by atoms with Crippen LogP contribution in [-0.2, 0) is 17.8 Å². The third-order valence-electron chi connectivity index (χ3n) is 8.63. The van der Waals surface area contributed by atoms with Crippen molar-refractivity contribution in [2.45, 2.75) is 123 Å². The summed E-state index contributed by atoms with van der Waals surface area (Å²) in [5.41, 5.74) is 2.80. The van der Waals surface area contributed by atoms with E-state index in [9.17, 15) is 0 Å². The van der Waals surface area contributed by atoms with Crippen molar-refractivity contribution in [3.63, 3.8) is 0 Å². The molecule has 0 heterocycles. The average molecular weight is 453 g/mol. The van der Waals surface area contributed by atoms with E-state index in [1.807, 2.05) is 0 Å². The van der Waals surface area contributed by atoms with Crippen molar-refractivity contribution in [3.05, 3.63) is 48.0 Å². The number of ether oxygens (including phenoxy) is 1. The second-order valence-electron chi connectivity index (χ2n) is 11.3. The van der Waals surface area contributed by atoms with Gasteiger partial charge in [-0.2, -0.15) is 0 Å². The molecular weight excluding hydrogens is 400 g/mol. The number of rotatable bonds is 15. The van der Waals surface area contributed by atoms with Crippen LogP contribution in [0.15, 0.2) is 36.9 Å². The molecule has 0 amide bonds. The Hall–Kier alpha value is -1.08. The van der Waals surface area contributed by atoms with E-state index in [2.05, 4.69) is 43.8 Å². The van der Waals surface area contributed by atoms with Crippen molar-refractivity contribution in [1.82, 2.24) is 0 Å². The van der Waals surface area contributed by atoms with Crippen molar-refractivity contribution >= 4 is 0 Å². The maximum Gasteiger partial charge on any atom is 0.0716 e. The summed E-state index contributed by atoms with van der Waals surface area (Å²) < 4.78 is 5.64. The van der Waals surface area contributed by atoms with Crippen molar-refractivity contribution in [1.29, 1.82) is 0 Å². The highest BCUT2D eigenvalue weighted by atomic mass is 16.5. The monoisotopic (exact) mass is 452 g/mol. The maximum atomic E-state index is 5.64. The molecule has 0 atom stereocenters. The van der Waals surface area contributed by atoms with E-state index >= 15 is 0 Å². The molecule has 0 aliphatic heterocycles. The van der Waals surface area contributed by atoms with Crippen molar-refractivity contribution in [2.24, 2.45) is 23.7 Å². The lowest BCUT2D eigenvalue weighted by molar-refractivity contribution is 0.121. The highest BCUT2D eigenvalue weighted by molar-refractivity contribution is 5.22. The van der Waals surface area contributed by atoms with Gasteiger partial charge >= 0.3 is 0 Å². The van der Waals surface area contributed by atoms with Crippen LogP contribution in [-0.4, -0.2) is 6.61 Å². The molecule has 0 saturated heterocycles. The van der Waals surface area contributed by atoms with Crippen LogP contribution < -0.4 is 0 Å². The summed E-state index contributed by atoms with van der Waals surface area (Å²) in [6.07, 6.45) is 26.5. The van der Waals surface area contributed by atoms with E-state index in [0.29, 0.717) is 0 Å². The second kappa shape index (κ2) is 15.8. The second-order valence-corrected chi connectivity index (χ2v) is 11.3. The lowest BCUT2D eigenvalue weighted by Crippen LogP contribution is -2.15. The SMILES string of the molecule is C=C[C@H]1CC[C@H](CCCC[C@H]2CC[C@H](CCCCc3ccc(COCCC)cc3)CC2)CC1. The zero-order valence-electron chi connectivity index (χ0n) is 21.7. The Kier molecular flexibility index (Phi) is 12.7. The number of allylic oxidation sites excluding steroid dienone is 1. The topological polar surface area (TPSA) is 9.23 Å². The van der Waals surface area contributed by atoms with E-state index in [4.69, 9.17) is 4.74 Å². The van der Waals surface area contributed by atoms with Gasteiger partial charge in [-0.15, -0.1) is 6.58 Å². The minimum atomic E-state index is 0.758. The molecule has 1 aromatic carbocycles. The molecule has 0 unspecified atom stereocenters. The van der Waals surface area contributed by atoms with Gasteiger partial charge in [0.2, 0.25) is 0 Å². The molecule has 2 aliphatic rings. The van der Waals surface area contributed by atoms with Crippen LogP contribution in [0.1, 0.15) is 121 Å². The van der Waals surface area contributed by atoms with Gasteiger partial charge in [0.05, 0.1) is 6.61 Å². The lowest BCUT2D eigenvalue weighted by Gasteiger charge is -2.29. The Morgan fingerprint density at radius 3 is 1.73 bits per heavy atom. The first-order valence-electron chi connectivity index (χ1n) is 14.5. The average Bonchev–Trinajstić information content (AvgIpc) is 2.87. The standard InChI is InChI=1S/C32H52O/c1-3-25-33-26-32-23-21-31(22-24-32)12-8-7-11-30-19-17-29(18-20-30)10-6-5-9-28-15-13-27(4-2)14-16-28/h4,21-24,27-30H,2-3,5-20,25-26H2,1H3/t27-,28-,29-,30-. The number of benzene rings is 1. The van der Waals surface area contributed by atoms with Gasteiger partial charge in [0.15, 0.2) is 0 Å². The van der Waals surface area contributed by atoms with Crippen LogP contribution in [0.2, 0.25) is 0 Å². The highest BCUT2D eigenvalue weighted by Gasteiger charge is 2.21. The van der Waals surface area contributed by atoms with Crippen LogP contribution >= 0.6 is 0 Å². The van der Waals surface area contributed by atoms with Gasteiger partial charge < -0.3 is 4.74 Å². The summed E-state index contributed by atoms with van der Waals surface area (Å²) in [7, 11) is 0. The molecule has 2 aliphatic carbocycles. The summed E-state index contributed by atoms with van der Waals surface area (Å²) in [6.45, 7) is 7.76. The molecule has 0 N–H and O–H groups in total. The first kappa shape index (κ1) is 26.5. The molecule has 186 valence electrons. The molecule has 2 saturated carbocycles. The molecule has 3 rings (SSSR count). The Labute approximate surface area is 205 Å². The fraction of sp³-hybridized carbons (Fsp3) is 0.750. The van der Waals surface area contributed by atoms with Crippen molar-refractivity contribution in [2.75, 3.05) is 6.61 Å². The molecule has 0 bridgehead atoms. The maximum absolute atomic E-state index is 5.64. The van der Waals surface area contributed by atoms with Crippen molar-refractivity contribution in [3.8, 4) is 0 Å². The summed E-state index contributed by atoms with van der Waals surface area (Å²) in [4.78, 5) is 0. The summed E-state index contributed by atoms with van der Waals surface area (Å²) >= 11 is 0. The molecular formula is C32H52O. The Bertz CT molecular complexity index is 616. The zero-order valence-corrected chi connectivity index (χ0v) is 21.7. The van der Waals surface area contributed by atoms with Gasteiger partial charge in [-0.05, 0) is 79.7 Å². The Balaban J connectivity index is 1.17. The van der Waals surface area contributed by atoms with Gasteiger partial charge in [-0.25, -0.2) is 0 Å². The summed E-state index contributed by atoms with van der Waals surface area (Å²) in [6, 6.07) is 9.11. The summed E-state index contributed by atoms with van der Waals surface area (Å²) in [5.74, 6) is 3.89. The molecule has 1 nitrogen and oxygen atoms in total. The van der Waals surface area contributed by atoms with Gasteiger partial charge in [0.25, 0.3) is 0 Å². The smallest absolute Gasteiger partial charge is 0.0716 e. The Morgan fingerprint density at radius 2 is 1.21 bits per heavy atom. The Morgan fingerprint density at radius 1 is 0.727 bits per heavy atom. The van der Waals surface area contributed by atoms with E-state index in [-0.39, 0.29) is 0 Å². The van der Waals surface area contributed by atoms with E-state index in [0.717, 1.165) is 43.3 Å². The van der Waals surface area contributed by atoms with E-state index in [1.54, 1.807) is 0 Å². The number of hydrogen-bond acceptors (Lipinski definition) is 1. The number of hydrogen-bond donors (Lipinski definition) is 0. The normalized spacial score (nSPS) is 25.7. The molecule has 0 aromatic heterocycles. The molecule has 0 spiro atoms. The number of unbranched alkanes of at least 4 members (excludes halogenated alkanes) is 2. The number of aryl methyl sites for hydroxylation is 1. The third kappa shape index (κ3) is 10.4. The van der Waals surface area contributed by atoms with Crippen LogP contribution in [0.4, 0.5) is 0 Å². The first-order valence-corrected chi connectivity index (χ1v) is 14.5. The van der Waals surface area contributed by atoms with Gasteiger partial charge in [-0.1, -0.05) is 101 Å². The van der Waals surface area contributed by atoms with Crippen LogP contribution in [0.5, 0.6) is 0 Å². The molecule has 33 heavy (non-hydrogen) atoms. The third-order valence-corrected chi connectivity index (χ3v) is 8.63. The lowest BCUT2D eigenvalue weighted by atomic mass is 9.77. The van der Waals surface area contributed by atoms with Gasteiger partial charge in [0, 0.05) is 6.61 Å². The van der Waals surface area contributed by atoms with Crippen LogP contribution in [0.3, 0.4) is 0 Å². The predicted molar refractivity (Wildman–Crippen MR) is 144 cm³/mol. The molecule has 0 radical (unpaired) electrons. The predicted octanol–water partition coefficient (Wildman–Crippen LogP) is 9.69. The fourth-order valence-electron chi connectivity index (χ4n) is 6.29. The fourth-order valence-corrected chi connectivity index (χ4v) is 6.29. The minimum absolute atomic E-state index is 0.758. The zero-order chi connectivity index (χ0) is 23.1. The quantitative estimate of drug-likeness (QED) is 0.190. The summed E-state index contributed by atoms with van der Waals surface area (Å²) in [5, 5.41) is 0. The largest absolute Gasteiger partial charge is 0.377 e. The van der Waals surface area contributed by atoms with E-state index in [1.165, 1.54) is 114 Å². The highest BCUT2D eigenvalue weighted by Crippen LogP contribution is 2.36. The molecule has 1 heteroatoms. The van der Waals surface area contributed by atoms with Crippen LogP contribution in [0, 0.1) is 23.7 Å². The van der Waals surface area contributed by atoms with Crippen molar-refractivity contribution < 1.29 is 4.74 Å². The van der Waals surface area contributed by atoms with Crippen LogP contribution in [0.25, 0.3) is 0 Å². The minimum Gasteiger partial charge on any atom is -0.377 e. The van der Waals surface area contributed by atoms with Gasteiger partial charge in [-0.3, -0.25) is 0 Å². The molecule has 1 aromatic rings. The molecule has 2 fully saturated rings.